The van der Waals surface area contributed by atoms with Gasteiger partial charge >= 0.3 is 5.97 Å². The summed E-state index contributed by atoms with van der Waals surface area (Å²) in [6.45, 7) is 10.3. The predicted molar refractivity (Wildman–Crippen MR) is 59.8 cm³/mol. The molecule has 0 aliphatic heterocycles. The molecule has 0 fully saturated rings. The fraction of sp³-hybridized carbons (Fsp3) is 0.909. The van der Waals surface area contributed by atoms with Crippen molar-refractivity contribution in [1.82, 2.24) is 5.32 Å². The molecule has 0 spiro atoms. The monoisotopic (exact) mass is 217 g/mol. The van der Waals surface area contributed by atoms with Crippen molar-refractivity contribution in [3.63, 3.8) is 0 Å². The van der Waals surface area contributed by atoms with E-state index in [-0.39, 0.29) is 18.1 Å². The van der Waals surface area contributed by atoms with Crippen LogP contribution in [-0.4, -0.2) is 37.4 Å². The first-order valence-electron chi connectivity index (χ1n) is 5.12. The van der Waals surface area contributed by atoms with Gasteiger partial charge in [0.25, 0.3) is 0 Å². The topological polar surface area (TPSA) is 47.6 Å². The third-order valence-electron chi connectivity index (χ3n) is 1.64. The van der Waals surface area contributed by atoms with E-state index in [0.29, 0.717) is 6.61 Å². The highest BCUT2D eigenvalue weighted by molar-refractivity contribution is 5.72. The van der Waals surface area contributed by atoms with Crippen molar-refractivity contribution >= 4 is 5.97 Å². The van der Waals surface area contributed by atoms with E-state index >= 15 is 0 Å². The number of esters is 1. The van der Waals surface area contributed by atoms with Gasteiger partial charge in [0.15, 0.2) is 0 Å². The molecule has 90 valence electrons. The van der Waals surface area contributed by atoms with Crippen molar-refractivity contribution in [2.75, 3.05) is 20.3 Å². The molecule has 0 bridgehead atoms. The smallest absolute Gasteiger partial charge is 0.320 e. The number of carbonyl (C=O) groups is 1. The Labute approximate surface area is 92.3 Å². The number of hydrogen-bond donors (Lipinski definition) is 1. The highest BCUT2D eigenvalue weighted by Crippen LogP contribution is 2.07. The van der Waals surface area contributed by atoms with Crippen LogP contribution in [0.25, 0.3) is 0 Å². The molecular weight excluding hydrogens is 194 g/mol. The summed E-state index contributed by atoms with van der Waals surface area (Å²) in [5.41, 5.74) is -0.643. The summed E-state index contributed by atoms with van der Waals surface area (Å²) in [5.74, 6) is -0.244. The molecule has 0 amide bonds. The number of hydrogen-bond acceptors (Lipinski definition) is 4. The highest BCUT2D eigenvalue weighted by Gasteiger charge is 2.21. The van der Waals surface area contributed by atoms with Crippen molar-refractivity contribution < 1.29 is 14.3 Å². The van der Waals surface area contributed by atoms with Crippen LogP contribution in [0.15, 0.2) is 0 Å². The molecule has 4 heteroatoms. The maximum absolute atomic E-state index is 11.4. The minimum absolute atomic E-state index is 0.202. The van der Waals surface area contributed by atoms with Gasteiger partial charge in [-0.15, -0.1) is 0 Å². The molecule has 0 rings (SSSR count). The van der Waals surface area contributed by atoms with Gasteiger partial charge in [-0.3, -0.25) is 10.1 Å². The molecule has 0 aliphatic rings. The summed E-state index contributed by atoms with van der Waals surface area (Å²) in [5, 5.41) is 3.08. The van der Waals surface area contributed by atoms with E-state index in [2.05, 4.69) is 5.32 Å². The predicted octanol–water partition coefficient (Wildman–Crippen LogP) is 1.34. The average molecular weight is 217 g/mol. The average Bonchev–Trinajstić information content (AvgIpc) is 1.98. The molecule has 15 heavy (non-hydrogen) atoms. The summed E-state index contributed by atoms with van der Waals surface area (Å²) in [6.07, 6.45) is 0. The number of methoxy groups -OCH3 is 1. The Morgan fingerprint density at radius 3 is 2.13 bits per heavy atom. The molecule has 0 saturated heterocycles. The summed E-state index contributed by atoms with van der Waals surface area (Å²) in [7, 11) is 1.64. The first-order valence-corrected chi connectivity index (χ1v) is 5.12. The second-order valence-corrected chi connectivity index (χ2v) is 5.26. The molecule has 4 nitrogen and oxygen atoms in total. The van der Waals surface area contributed by atoms with Gasteiger partial charge in [-0.2, -0.15) is 0 Å². The minimum atomic E-state index is -0.426. The third-order valence-corrected chi connectivity index (χ3v) is 1.64. The van der Waals surface area contributed by atoms with E-state index in [0.717, 1.165) is 0 Å². The molecule has 0 aromatic rings. The van der Waals surface area contributed by atoms with Gasteiger partial charge in [0.05, 0.1) is 13.2 Å². The van der Waals surface area contributed by atoms with Gasteiger partial charge in [-0.05, 0) is 34.6 Å². The van der Waals surface area contributed by atoms with Crippen LogP contribution in [-0.2, 0) is 14.3 Å². The quantitative estimate of drug-likeness (QED) is 0.706. The van der Waals surface area contributed by atoms with E-state index in [1.165, 1.54) is 0 Å². The van der Waals surface area contributed by atoms with Crippen LogP contribution in [0.3, 0.4) is 0 Å². The highest BCUT2D eigenvalue weighted by atomic mass is 16.6. The van der Waals surface area contributed by atoms with Crippen LogP contribution in [0, 0.1) is 0 Å². The normalized spacial score (nSPS) is 12.7. The lowest BCUT2D eigenvalue weighted by atomic mass is 10.1. The summed E-state index contributed by atoms with van der Waals surface area (Å²) in [6, 6.07) is 0. The van der Waals surface area contributed by atoms with Gasteiger partial charge in [-0.1, -0.05) is 0 Å². The zero-order valence-electron chi connectivity index (χ0n) is 10.6. The van der Waals surface area contributed by atoms with Crippen molar-refractivity contribution in [2.24, 2.45) is 0 Å². The molecule has 0 radical (unpaired) electrons. The standard InChI is InChI=1S/C11H23NO3/c1-10(2,3)15-9(13)7-12-11(4,5)8-14-6/h12H,7-8H2,1-6H3. The second kappa shape index (κ2) is 5.47. The lowest BCUT2D eigenvalue weighted by Crippen LogP contribution is -2.46. The zero-order chi connectivity index (χ0) is 12.1. The summed E-state index contributed by atoms with van der Waals surface area (Å²) < 4.78 is 10.2. The van der Waals surface area contributed by atoms with E-state index < -0.39 is 5.60 Å². The molecule has 0 atom stereocenters. The number of ether oxygens (including phenoxy) is 2. The number of rotatable bonds is 5. The van der Waals surface area contributed by atoms with Crippen molar-refractivity contribution in [2.45, 2.75) is 45.8 Å². The summed E-state index contributed by atoms with van der Waals surface area (Å²) >= 11 is 0. The van der Waals surface area contributed by atoms with E-state index in [1.54, 1.807) is 7.11 Å². The van der Waals surface area contributed by atoms with Gasteiger partial charge in [0.1, 0.15) is 5.60 Å². The van der Waals surface area contributed by atoms with Crippen molar-refractivity contribution in [3.8, 4) is 0 Å². The van der Waals surface area contributed by atoms with Crippen LogP contribution >= 0.6 is 0 Å². The van der Waals surface area contributed by atoms with Gasteiger partial charge in [0.2, 0.25) is 0 Å². The molecular formula is C11H23NO3. The Morgan fingerprint density at radius 2 is 1.73 bits per heavy atom. The molecule has 0 heterocycles. The Bertz CT molecular complexity index is 206. The number of nitrogens with one attached hydrogen (secondary N) is 1. The molecule has 0 aromatic heterocycles. The van der Waals surface area contributed by atoms with Crippen molar-refractivity contribution in [3.05, 3.63) is 0 Å². The summed E-state index contributed by atoms with van der Waals surface area (Å²) in [4.78, 5) is 11.4. The Kier molecular flexibility index (Phi) is 5.24. The van der Waals surface area contributed by atoms with E-state index in [4.69, 9.17) is 9.47 Å². The van der Waals surface area contributed by atoms with Crippen LogP contribution in [0.5, 0.6) is 0 Å². The Balaban J connectivity index is 3.90. The number of carbonyl (C=O) groups excluding carboxylic acids is 1. The minimum Gasteiger partial charge on any atom is -0.459 e. The van der Waals surface area contributed by atoms with Gasteiger partial charge in [-0.25, -0.2) is 0 Å². The third kappa shape index (κ3) is 8.39. The van der Waals surface area contributed by atoms with Gasteiger partial charge in [0, 0.05) is 12.6 Å². The molecule has 0 saturated carbocycles. The van der Waals surface area contributed by atoms with Crippen LogP contribution in [0.4, 0.5) is 0 Å². The fourth-order valence-electron chi connectivity index (χ4n) is 1.10. The molecule has 0 aliphatic carbocycles. The first kappa shape index (κ1) is 14.4. The Morgan fingerprint density at radius 1 is 1.20 bits per heavy atom. The van der Waals surface area contributed by atoms with Crippen molar-refractivity contribution in [1.29, 1.82) is 0 Å². The largest absolute Gasteiger partial charge is 0.459 e. The SMILES string of the molecule is COCC(C)(C)NCC(=O)OC(C)(C)C. The lowest BCUT2D eigenvalue weighted by molar-refractivity contribution is -0.154. The van der Waals surface area contributed by atoms with Crippen LogP contribution in [0.2, 0.25) is 0 Å². The molecule has 1 N–H and O–H groups in total. The van der Waals surface area contributed by atoms with Crippen LogP contribution in [0.1, 0.15) is 34.6 Å². The fourth-order valence-corrected chi connectivity index (χ4v) is 1.10. The van der Waals surface area contributed by atoms with Gasteiger partial charge < -0.3 is 9.47 Å². The molecule has 0 aromatic carbocycles. The zero-order valence-corrected chi connectivity index (χ0v) is 10.6. The van der Waals surface area contributed by atoms with Crippen LogP contribution < -0.4 is 5.32 Å². The molecule has 0 unspecified atom stereocenters. The second-order valence-electron chi connectivity index (χ2n) is 5.26. The lowest BCUT2D eigenvalue weighted by Gasteiger charge is -2.26. The van der Waals surface area contributed by atoms with E-state index in [9.17, 15) is 4.79 Å². The Hall–Kier alpha value is -0.610. The first-order chi connectivity index (χ1) is 6.66. The van der Waals surface area contributed by atoms with E-state index in [1.807, 2.05) is 34.6 Å². The maximum atomic E-state index is 11.4. The maximum Gasteiger partial charge on any atom is 0.320 e.